The molecule has 3 aromatic carbocycles. The molecule has 4 aliphatic rings. The van der Waals surface area contributed by atoms with Crippen molar-refractivity contribution in [1.82, 2.24) is 0 Å². The van der Waals surface area contributed by atoms with E-state index in [2.05, 4.69) is 98.2 Å². The molecule has 234 valence electrons. The molecule has 8 heteroatoms. The highest BCUT2D eigenvalue weighted by Crippen LogP contribution is 2.41. The van der Waals surface area contributed by atoms with Gasteiger partial charge in [0.15, 0.2) is 0 Å². The highest BCUT2D eigenvalue weighted by molar-refractivity contribution is 6.33. The molecule has 3 unspecified atom stereocenters. The second-order valence-corrected chi connectivity index (χ2v) is 14.6. The van der Waals surface area contributed by atoms with Crippen LogP contribution >= 0.6 is 23.2 Å². The van der Waals surface area contributed by atoms with Gasteiger partial charge in [-0.3, -0.25) is 0 Å². The first-order valence-electron chi connectivity index (χ1n) is 15.7. The second kappa shape index (κ2) is 11.8. The molecule has 0 saturated carbocycles. The van der Waals surface area contributed by atoms with Crippen LogP contribution in [0.1, 0.15) is 49.9 Å². The summed E-state index contributed by atoms with van der Waals surface area (Å²) in [6, 6.07) is 22.4. The summed E-state index contributed by atoms with van der Waals surface area (Å²) in [7, 11) is 0. The Balaban J connectivity index is 1.09. The molecule has 3 atom stereocenters. The molecule has 7 rings (SSSR count). The third-order valence-corrected chi connectivity index (χ3v) is 10.4. The van der Waals surface area contributed by atoms with E-state index in [1.807, 2.05) is 0 Å². The molecule has 0 amide bonds. The van der Waals surface area contributed by atoms with E-state index in [1.165, 1.54) is 22.3 Å². The van der Waals surface area contributed by atoms with E-state index < -0.39 is 0 Å². The number of halogens is 2. The monoisotopic (exact) mass is 636 g/mol. The zero-order valence-corrected chi connectivity index (χ0v) is 27.5. The van der Waals surface area contributed by atoms with Crippen LogP contribution in [-0.2, 0) is 29.8 Å². The van der Waals surface area contributed by atoms with Gasteiger partial charge < -0.3 is 28.7 Å². The van der Waals surface area contributed by atoms with Gasteiger partial charge in [-0.05, 0) is 46.5 Å². The summed E-state index contributed by atoms with van der Waals surface area (Å²) in [6.07, 6.45) is 0.869. The predicted molar refractivity (Wildman–Crippen MR) is 177 cm³/mol. The van der Waals surface area contributed by atoms with Gasteiger partial charge in [0.1, 0.15) is 0 Å². The van der Waals surface area contributed by atoms with Crippen molar-refractivity contribution < 1.29 is 18.9 Å². The molecule has 4 aliphatic heterocycles. The summed E-state index contributed by atoms with van der Waals surface area (Å²) in [4.78, 5) is 4.67. The molecule has 4 saturated heterocycles. The minimum atomic E-state index is -0.222. The Kier molecular flexibility index (Phi) is 8.14. The number of benzene rings is 3. The first-order valence-corrected chi connectivity index (χ1v) is 16.5. The highest BCUT2D eigenvalue weighted by Gasteiger charge is 2.35. The molecule has 3 aromatic rings. The quantitative estimate of drug-likeness (QED) is 0.191. The number of epoxide rings is 3. The van der Waals surface area contributed by atoms with Crippen LogP contribution in [0.25, 0.3) is 0 Å². The minimum absolute atomic E-state index is 0.222. The van der Waals surface area contributed by atoms with Gasteiger partial charge >= 0.3 is 0 Å². The lowest BCUT2D eigenvalue weighted by Crippen LogP contribution is -2.50. The average Bonchev–Trinajstić information content (AvgIpc) is 3.81. The van der Waals surface area contributed by atoms with E-state index in [-0.39, 0.29) is 23.0 Å². The number of anilines is 2. The maximum absolute atomic E-state index is 6.95. The van der Waals surface area contributed by atoms with Crippen LogP contribution in [0.15, 0.2) is 60.7 Å². The van der Waals surface area contributed by atoms with Crippen molar-refractivity contribution in [3.05, 3.63) is 93.0 Å². The minimum Gasteiger partial charge on any atom is -0.377 e. The molecule has 0 spiro atoms. The summed E-state index contributed by atoms with van der Waals surface area (Å²) in [5.41, 5.74) is 6.51. The molecule has 0 bridgehead atoms. The van der Waals surface area contributed by atoms with Crippen LogP contribution in [0.3, 0.4) is 0 Å². The Hall–Kier alpha value is -2.32. The van der Waals surface area contributed by atoms with Crippen LogP contribution in [0, 0.1) is 0 Å². The van der Waals surface area contributed by atoms with E-state index in [4.69, 9.17) is 42.1 Å². The maximum Gasteiger partial charge on any atom is 0.0984 e. The molecule has 0 N–H and O–H groups in total. The topological polar surface area (TPSA) is 53.3 Å². The van der Waals surface area contributed by atoms with Crippen molar-refractivity contribution in [2.24, 2.45) is 0 Å². The Bertz CT molecular complexity index is 1480. The second-order valence-electron chi connectivity index (χ2n) is 13.8. The van der Waals surface area contributed by atoms with Crippen molar-refractivity contribution in [2.75, 3.05) is 62.5 Å². The number of nitrogens with zero attached hydrogens (tertiary/aromatic N) is 2. The van der Waals surface area contributed by atoms with E-state index in [0.717, 1.165) is 74.1 Å². The summed E-state index contributed by atoms with van der Waals surface area (Å²) in [5.74, 6) is 0. The Morgan fingerprint density at radius 2 is 1.00 bits per heavy atom. The molecule has 6 nitrogen and oxygen atoms in total. The van der Waals surface area contributed by atoms with Crippen molar-refractivity contribution in [2.45, 2.75) is 62.9 Å². The third-order valence-electron chi connectivity index (χ3n) is 9.83. The largest absolute Gasteiger partial charge is 0.377 e. The summed E-state index contributed by atoms with van der Waals surface area (Å²) in [5, 5.41) is 1.54. The van der Waals surface area contributed by atoms with Gasteiger partial charge in [-0.15, -0.1) is 0 Å². The van der Waals surface area contributed by atoms with Crippen molar-refractivity contribution in [1.29, 1.82) is 0 Å². The molecule has 0 aliphatic carbocycles. The molecule has 44 heavy (non-hydrogen) atoms. The fourth-order valence-electron chi connectivity index (χ4n) is 6.27. The third kappa shape index (κ3) is 6.35. The lowest BCUT2D eigenvalue weighted by molar-refractivity contribution is 0.00765. The van der Waals surface area contributed by atoms with Gasteiger partial charge in [-0.25, -0.2) is 0 Å². The highest BCUT2D eigenvalue weighted by atomic mass is 35.5. The van der Waals surface area contributed by atoms with Crippen LogP contribution in [0.4, 0.5) is 11.4 Å². The van der Waals surface area contributed by atoms with Crippen LogP contribution in [0.5, 0.6) is 0 Å². The predicted octanol–water partition coefficient (Wildman–Crippen LogP) is 6.85. The number of ether oxygens (including phenoxy) is 4. The van der Waals surface area contributed by atoms with E-state index in [9.17, 15) is 0 Å². The van der Waals surface area contributed by atoms with Gasteiger partial charge in [-0.2, -0.15) is 0 Å². The molecular weight excluding hydrogens is 595 g/mol. The standard InChI is InChI=1S/C36H42Cl2N2O4/c1-35(2,25-9-11-33(31(37)13-25)39(15-28-20-42-28)16-29-21-43-29)23-5-7-24(8-6-23)36(3,4)26-10-12-34(32(38)14-26)40(17-30-22-44-30)27-18-41-19-27/h5-14,27-30H,15-22H2,1-4H3. The smallest absolute Gasteiger partial charge is 0.0984 e. The summed E-state index contributed by atoms with van der Waals surface area (Å²) >= 11 is 13.9. The number of hydrogen-bond donors (Lipinski definition) is 0. The van der Waals surface area contributed by atoms with E-state index in [0.29, 0.717) is 12.1 Å². The number of hydrogen-bond acceptors (Lipinski definition) is 6. The van der Waals surface area contributed by atoms with Crippen LogP contribution < -0.4 is 9.80 Å². The Labute approximate surface area is 271 Å². The molecule has 4 fully saturated rings. The fourth-order valence-corrected chi connectivity index (χ4v) is 6.86. The average molecular weight is 638 g/mol. The summed E-state index contributed by atoms with van der Waals surface area (Å²) < 4.78 is 22.0. The SMILES string of the molecule is CC(C)(c1ccc(C(C)(C)c2ccc(N(CC3CO3)C3COC3)c(Cl)c2)cc1)c1ccc(N(CC2CO2)CC2CO2)c(Cl)c1. The van der Waals surface area contributed by atoms with E-state index >= 15 is 0 Å². The Morgan fingerprint density at radius 1 is 0.591 bits per heavy atom. The van der Waals surface area contributed by atoms with Gasteiger partial charge in [0, 0.05) is 30.5 Å². The molecule has 0 radical (unpaired) electrons. The first-order chi connectivity index (χ1) is 21.1. The number of rotatable bonds is 13. The van der Waals surface area contributed by atoms with Crippen molar-refractivity contribution in [3.63, 3.8) is 0 Å². The summed E-state index contributed by atoms with van der Waals surface area (Å²) in [6.45, 7) is 15.5. The normalized spacial score (nSPS) is 22.8. The van der Waals surface area contributed by atoms with Gasteiger partial charge in [0.05, 0.1) is 78.8 Å². The zero-order valence-electron chi connectivity index (χ0n) is 26.0. The lowest BCUT2D eigenvalue weighted by Gasteiger charge is -2.39. The zero-order chi connectivity index (χ0) is 30.6. The van der Waals surface area contributed by atoms with Crippen LogP contribution in [-0.4, -0.2) is 77.0 Å². The molecule has 4 heterocycles. The maximum atomic E-state index is 6.95. The van der Waals surface area contributed by atoms with Crippen molar-refractivity contribution in [3.8, 4) is 0 Å². The van der Waals surface area contributed by atoms with E-state index in [1.54, 1.807) is 0 Å². The Morgan fingerprint density at radius 3 is 1.39 bits per heavy atom. The lowest BCUT2D eigenvalue weighted by atomic mass is 9.74. The van der Waals surface area contributed by atoms with Gasteiger partial charge in [0.25, 0.3) is 0 Å². The fraction of sp³-hybridized carbons (Fsp3) is 0.500. The molecule has 0 aromatic heterocycles. The van der Waals surface area contributed by atoms with Gasteiger partial charge in [0.2, 0.25) is 0 Å². The van der Waals surface area contributed by atoms with Gasteiger partial charge in [-0.1, -0.05) is 87.3 Å². The molecular formula is C36H42Cl2N2O4. The first kappa shape index (κ1) is 30.3. The van der Waals surface area contributed by atoms with Crippen molar-refractivity contribution >= 4 is 34.6 Å². The van der Waals surface area contributed by atoms with Crippen LogP contribution in [0.2, 0.25) is 10.0 Å².